The molecule has 0 aromatic carbocycles. The number of hydrogen-bond donors (Lipinski definition) is 1. The van der Waals surface area contributed by atoms with Crippen molar-refractivity contribution < 1.29 is 4.74 Å². The summed E-state index contributed by atoms with van der Waals surface area (Å²) in [6.07, 6.45) is 5.17. The molecule has 1 aliphatic rings. The summed E-state index contributed by atoms with van der Waals surface area (Å²) >= 11 is 0. The number of nitrogens with one attached hydrogen (secondary N) is 1. The first-order valence-corrected chi connectivity index (χ1v) is 8.02. The summed E-state index contributed by atoms with van der Waals surface area (Å²) in [6, 6.07) is 3.97. The molecular formula is C16H22N6O2. The largest absolute Gasteiger partial charge is 0.481 e. The molecule has 8 heteroatoms. The van der Waals surface area contributed by atoms with Crippen LogP contribution < -0.4 is 15.6 Å². The number of hydrogen-bond acceptors (Lipinski definition) is 7. The van der Waals surface area contributed by atoms with Crippen LogP contribution in [0.5, 0.6) is 5.88 Å². The van der Waals surface area contributed by atoms with Gasteiger partial charge in [0.05, 0.1) is 7.11 Å². The van der Waals surface area contributed by atoms with E-state index in [1.807, 2.05) is 0 Å². The number of aromatic nitrogens is 4. The molecule has 0 amide bonds. The lowest BCUT2D eigenvalue weighted by atomic mass is 10.0. The number of methoxy groups -OCH3 is 1. The summed E-state index contributed by atoms with van der Waals surface area (Å²) in [7, 11) is 3.27. The van der Waals surface area contributed by atoms with Crippen molar-refractivity contribution in [2.45, 2.75) is 25.4 Å². The average molecular weight is 330 g/mol. The van der Waals surface area contributed by atoms with Crippen LogP contribution >= 0.6 is 0 Å². The maximum atomic E-state index is 12.0. The van der Waals surface area contributed by atoms with Gasteiger partial charge in [-0.1, -0.05) is 0 Å². The highest BCUT2D eigenvalue weighted by Crippen LogP contribution is 2.18. The van der Waals surface area contributed by atoms with Crippen LogP contribution in [0.25, 0.3) is 0 Å². The smallest absolute Gasteiger partial charge is 0.270 e. The molecule has 3 rings (SSSR count). The van der Waals surface area contributed by atoms with Crippen molar-refractivity contribution in [3.05, 3.63) is 40.6 Å². The number of piperidine rings is 1. The highest BCUT2D eigenvalue weighted by Gasteiger charge is 2.20. The van der Waals surface area contributed by atoms with Crippen LogP contribution in [0, 0.1) is 0 Å². The van der Waals surface area contributed by atoms with Gasteiger partial charge in [0.25, 0.3) is 5.56 Å². The van der Waals surface area contributed by atoms with Crippen LogP contribution in [0.3, 0.4) is 0 Å². The Morgan fingerprint density at radius 3 is 2.88 bits per heavy atom. The number of likely N-dealkylation sites (tertiary alicyclic amines) is 1. The fraction of sp³-hybridized carbons (Fsp3) is 0.500. The predicted molar refractivity (Wildman–Crippen MR) is 90.0 cm³/mol. The lowest BCUT2D eigenvalue weighted by Crippen LogP contribution is -2.40. The van der Waals surface area contributed by atoms with Crippen LogP contribution in [0.15, 0.2) is 29.5 Å². The Morgan fingerprint density at radius 1 is 1.33 bits per heavy atom. The van der Waals surface area contributed by atoms with E-state index in [0.29, 0.717) is 18.5 Å². The average Bonchev–Trinajstić information content (AvgIpc) is 2.61. The Kier molecular flexibility index (Phi) is 5.05. The van der Waals surface area contributed by atoms with E-state index >= 15 is 0 Å². The summed E-state index contributed by atoms with van der Waals surface area (Å²) in [6.45, 7) is 2.54. The van der Waals surface area contributed by atoms with E-state index in [0.717, 1.165) is 37.3 Å². The molecule has 1 aliphatic heterocycles. The van der Waals surface area contributed by atoms with Gasteiger partial charge in [-0.25, -0.2) is 14.6 Å². The molecule has 0 aliphatic carbocycles. The zero-order chi connectivity index (χ0) is 16.9. The van der Waals surface area contributed by atoms with Crippen molar-refractivity contribution >= 4 is 5.82 Å². The zero-order valence-corrected chi connectivity index (χ0v) is 14.0. The highest BCUT2D eigenvalue weighted by atomic mass is 16.5. The lowest BCUT2D eigenvalue weighted by molar-refractivity contribution is 0.210. The monoisotopic (exact) mass is 330 g/mol. The first-order chi connectivity index (χ1) is 11.7. The molecule has 0 radical (unpaired) electrons. The molecule has 1 saturated heterocycles. The van der Waals surface area contributed by atoms with Crippen LogP contribution in [-0.4, -0.2) is 50.9 Å². The lowest BCUT2D eigenvalue weighted by Gasteiger charge is -2.32. The Balaban J connectivity index is 1.54. The Labute approximate surface area is 140 Å². The molecule has 128 valence electrons. The van der Waals surface area contributed by atoms with E-state index in [2.05, 4.69) is 25.3 Å². The van der Waals surface area contributed by atoms with Gasteiger partial charge in [0.15, 0.2) is 0 Å². The van der Waals surface area contributed by atoms with Gasteiger partial charge in [0.1, 0.15) is 12.1 Å². The minimum Gasteiger partial charge on any atom is -0.481 e. The third kappa shape index (κ3) is 3.88. The second-order valence-electron chi connectivity index (χ2n) is 5.93. The third-order valence-electron chi connectivity index (χ3n) is 4.27. The molecule has 0 bridgehead atoms. The molecule has 24 heavy (non-hydrogen) atoms. The fourth-order valence-electron chi connectivity index (χ4n) is 2.89. The molecule has 0 spiro atoms. The van der Waals surface area contributed by atoms with Crippen LogP contribution in [-0.2, 0) is 13.6 Å². The molecular weight excluding hydrogens is 308 g/mol. The highest BCUT2D eigenvalue weighted by molar-refractivity contribution is 5.38. The van der Waals surface area contributed by atoms with Gasteiger partial charge in [-0.3, -0.25) is 9.69 Å². The summed E-state index contributed by atoms with van der Waals surface area (Å²) in [4.78, 5) is 22.6. The van der Waals surface area contributed by atoms with Gasteiger partial charge < -0.3 is 10.1 Å². The number of nitrogens with zero attached hydrogens (tertiary/aromatic N) is 5. The topological polar surface area (TPSA) is 85.2 Å². The predicted octanol–water partition coefficient (Wildman–Crippen LogP) is 0.655. The molecule has 0 saturated carbocycles. The van der Waals surface area contributed by atoms with Crippen molar-refractivity contribution in [3.8, 4) is 5.88 Å². The molecule has 1 N–H and O–H groups in total. The van der Waals surface area contributed by atoms with Gasteiger partial charge in [0.2, 0.25) is 5.88 Å². The van der Waals surface area contributed by atoms with Crippen molar-refractivity contribution in [1.82, 2.24) is 24.6 Å². The van der Waals surface area contributed by atoms with Crippen molar-refractivity contribution in [1.29, 1.82) is 0 Å². The summed E-state index contributed by atoms with van der Waals surface area (Å²) in [5.41, 5.74) is 0.769. The van der Waals surface area contributed by atoms with Crippen LogP contribution in [0.2, 0.25) is 0 Å². The van der Waals surface area contributed by atoms with E-state index in [1.165, 1.54) is 11.0 Å². The standard InChI is InChI=1S/C16H22N6O2/c1-21-16(23)12(3-6-19-21)10-22-7-4-13(5-8-22)20-14-9-15(24-2)18-11-17-14/h3,6,9,11,13H,4-5,7-8,10H2,1-2H3,(H,17,18,20). The first kappa shape index (κ1) is 16.4. The van der Waals surface area contributed by atoms with Gasteiger partial charge >= 0.3 is 0 Å². The molecule has 8 nitrogen and oxygen atoms in total. The number of aryl methyl sites for hydroxylation is 1. The van der Waals surface area contributed by atoms with Gasteiger partial charge in [-0.05, 0) is 18.9 Å². The maximum Gasteiger partial charge on any atom is 0.270 e. The quantitative estimate of drug-likeness (QED) is 0.862. The van der Waals surface area contributed by atoms with Crippen LogP contribution in [0.4, 0.5) is 5.82 Å². The van der Waals surface area contributed by atoms with Crippen molar-refractivity contribution in [3.63, 3.8) is 0 Å². The van der Waals surface area contributed by atoms with E-state index < -0.39 is 0 Å². The Morgan fingerprint density at radius 2 is 2.12 bits per heavy atom. The molecule has 2 aromatic rings. The number of ether oxygens (including phenoxy) is 1. The van der Waals surface area contributed by atoms with Crippen LogP contribution in [0.1, 0.15) is 18.4 Å². The number of rotatable bonds is 5. The van der Waals surface area contributed by atoms with E-state index in [9.17, 15) is 4.79 Å². The van der Waals surface area contributed by atoms with Gasteiger partial charge in [-0.15, -0.1) is 0 Å². The summed E-state index contributed by atoms with van der Waals surface area (Å²) < 4.78 is 6.49. The Hall–Kier alpha value is -2.48. The number of anilines is 1. The maximum absolute atomic E-state index is 12.0. The van der Waals surface area contributed by atoms with E-state index in [4.69, 9.17) is 4.74 Å². The summed E-state index contributed by atoms with van der Waals surface area (Å²) in [5, 5.41) is 7.39. The Bertz CT molecular complexity index is 739. The zero-order valence-electron chi connectivity index (χ0n) is 14.0. The minimum atomic E-state index is -0.0224. The van der Waals surface area contributed by atoms with Gasteiger partial charge in [-0.2, -0.15) is 5.10 Å². The molecule has 0 unspecified atom stereocenters. The van der Waals surface area contributed by atoms with Crippen molar-refractivity contribution in [2.75, 3.05) is 25.5 Å². The van der Waals surface area contributed by atoms with E-state index in [1.54, 1.807) is 32.5 Å². The molecule has 0 atom stereocenters. The molecule has 3 heterocycles. The van der Waals surface area contributed by atoms with Gasteiger partial charge in [0, 0.05) is 50.6 Å². The van der Waals surface area contributed by atoms with E-state index in [-0.39, 0.29) is 5.56 Å². The minimum absolute atomic E-state index is 0.0224. The third-order valence-corrected chi connectivity index (χ3v) is 4.27. The SMILES string of the molecule is COc1cc(NC2CCN(Cc3ccnn(C)c3=O)CC2)ncn1. The normalized spacial score (nSPS) is 16.1. The molecule has 1 fully saturated rings. The first-order valence-electron chi connectivity index (χ1n) is 8.02. The second-order valence-corrected chi connectivity index (χ2v) is 5.93. The molecule has 2 aromatic heterocycles. The second kappa shape index (κ2) is 7.39. The summed E-state index contributed by atoms with van der Waals surface area (Å²) in [5.74, 6) is 1.33. The fourth-order valence-corrected chi connectivity index (χ4v) is 2.89. The van der Waals surface area contributed by atoms with Crippen molar-refractivity contribution in [2.24, 2.45) is 7.05 Å².